The van der Waals surface area contributed by atoms with E-state index in [-0.39, 0.29) is 24.6 Å². The minimum Gasteiger partial charge on any atom is -0.462 e. The Bertz CT molecular complexity index is 179. The lowest BCUT2D eigenvalue weighted by molar-refractivity contribution is -0.145. The molecule has 0 aliphatic carbocycles. The molecule has 1 fully saturated rings. The van der Waals surface area contributed by atoms with Gasteiger partial charge in [-0.2, -0.15) is 0 Å². The number of hydrogen-bond acceptors (Lipinski definition) is 3. The highest BCUT2D eigenvalue weighted by Crippen LogP contribution is 2.24. The average molecular weight is 200 g/mol. The highest BCUT2D eigenvalue weighted by atomic mass is 16.6. The molecule has 0 radical (unpaired) electrons. The second kappa shape index (κ2) is 6.02. The third kappa shape index (κ3) is 3.29. The molecule has 1 aliphatic rings. The largest absolute Gasteiger partial charge is 0.462 e. The summed E-state index contributed by atoms with van der Waals surface area (Å²) < 4.78 is 5.15. The summed E-state index contributed by atoms with van der Waals surface area (Å²) >= 11 is 0. The SMILES string of the molecule is CCCCCCC1CC(CO)C(=O)O1. The zero-order valence-corrected chi connectivity index (χ0v) is 8.87. The lowest BCUT2D eigenvalue weighted by Crippen LogP contribution is -2.11. The molecule has 0 aromatic heterocycles. The molecular formula is C11H20O3. The van der Waals surface area contributed by atoms with Crippen molar-refractivity contribution >= 4 is 5.97 Å². The first-order valence-corrected chi connectivity index (χ1v) is 5.59. The Balaban J connectivity index is 2.12. The van der Waals surface area contributed by atoms with Crippen LogP contribution in [0.4, 0.5) is 0 Å². The highest BCUT2D eigenvalue weighted by Gasteiger charge is 2.33. The van der Waals surface area contributed by atoms with Gasteiger partial charge in [0.15, 0.2) is 0 Å². The summed E-state index contributed by atoms with van der Waals surface area (Å²) in [5.74, 6) is -0.473. The summed E-state index contributed by atoms with van der Waals surface area (Å²) in [5.41, 5.74) is 0. The highest BCUT2D eigenvalue weighted by molar-refractivity contribution is 5.74. The van der Waals surface area contributed by atoms with Crippen LogP contribution in [-0.4, -0.2) is 23.8 Å². The van der Waals surface area contributed by atoms with Crippen molar-refractivity contribution in [2.45, 2.75) is 51.6 Å². The van der Waals surface area contributed by atoms with Gasteiger partial charge in [-0.3, -0.25) is 4.79 Å². The van der Waals surface area contributed by atoms with E-state index in [9.17, 15) is 4.79 Å². The molecule has 2 atom stereocenters. The molecule has 0 spiro atoms. The first-order valence-electron chi connectivity index (χ1n) is 5.59. The number of unbranched alkanes of at least 4 members (excludes halogenated alkanes) is 3. The quantitative estimate of drug-likeness (QED) is 0.526. The van der Waals surface area contributed by atoms with E-state index in [1.807, 2.05) is 0 Å². The van der Waals surface area contributed by atoms with Crippen LogP contribution >= 0.6 is 0 Å². The maximum Gasteiger partial charge on any atom is 0.311 e. The third-order valence-electron chi connectivity index (χ3n) is 2.76. The fourth-order valence-electron chi connectivity index (χ4n) is 1.85. The third-order valence-corrected chi connectivity index (χ3v) is 2.76. The van der Waals surface area contributed by atoms with Crippen molar-refractivity contribution in [2.24, 2.45) is 5.92 Å². The number of aliphatic hydroxyl groups is 1. The van der Waals surface area contributed by atoms with Gasteiger partial charge in [0.2, 0.25) is 0 Å². The summed E-state index contributed by atoms with van der Waals surface area (Å²) in [6.07, 6.45) is 6.56. The topological polar surface area (TPSA) is 46.5 Å². The zero-order valence-electron chi connectivity index (χ0n) is 8.87. The number of ether oxygens (including phenoxy) is 1. The van der Waals surface area contributed by atoms with Crippen LogP contribution in [0.2, 0.25) is 0 Å². The molecule has 3 heteroatoms. The van der Waals surface area contributed by atoms with E-state index in [4.69, 9.17) is 9.84 Å². The zero-order chi connectivity index (χ0) is 10.4. The average Bonchev–Trinajstić information content (AvgIpc) is 2.54. The Labute approximate surface area is 85.5 Å². The molecule has 1 N–H and O–H groups in total. The summed E-state index contributed by atoms with van der Waals surface area (Å²) in [5, 5.41) is 8.86. The second-order valence-corrected chi connectivity index (χ2v) is 4.02. The number of esters is 1. The van der Waals surface area contributed by atoms with E-state index in [1.165, 1.54) is 19.3 Å². The van der Waals surface area contributed by atoms with Crippen LogP contribution < -0.4 is 0 Å². The van der Waals surface area contributed by atoms with Gasteiger partial charge in [-0.25, -0.2) is 0 Å². The normalized spacial score (nSPS) is 26.6. The van der Waals surface area contributed by atoms with E-state index >= 15 is 0 Å². The van der Waals surface area contributed by atoms with Gasteiger partial charge in [0.05, 0.1) is 12.5 Å². The van der Waals surface area contributed by atoms with E-state index in [2.05, 4.69) is 6.92 Å². The van der Waals surface area contributed by atoms with Crippen LogP contribution in [0, 0.1) is 5.92 Å². The molecule has 2 unspecified atom stereocenters. The van der Waals surface area contributed by atoms with E-state index in [1.54, 1.807) is 0 Å². The Morgan fingerprint density at radius 1 is 1.43 bits per heavy atom. The van der Waals surface area contributed by atoms with Crippen LogP contribution in [-0.2, 0) is 9.53 Å². The number of carbonyl (C=O) groups is 1. The lowest BCUT2D eigenvalue weighted by Gasteiger charge is -2.07. The second-order valence-electron chi connectivity index (χ2n) is 4.02. The Morgan fingerprint density at radius 2 is 2.21 bits per heavy atom. The fourth-order valence-corrected chi connectivity index (χ4v) is 1.85. The molecule has 0 aromatic carbocycles. The molecule has 1 heterocycles. The van der Waals surface area contributed by atoms with E-state index in [0.29, 0.717) is 6.42 Å². The van der Waals surface area contributed by atoms with Crippen LogP contribution in [0.15, 0.2) is 0 Å². The summed E-state index contributed by atoms with van der Waals surface area (Å²) in [4.78, 5) is 11.1. The lowest BCUT2D eigenvalue weighted by atomic mass is 10.0. The summed E-state index contributed by atoms with van der Waals surface area (Å²) in [7, 11) is 0. The van der Waals surface area contributed by atoms with Gasteiger partial charge in [-0.1, -0.05) is 26.2 Å². The van der Waals surface area contributed by atoms with Crippen LogP contribution in [0.1, 0.15) is 45.4 Å². The predicted octanol–water partition coefficient (Wildman–Crippen LogP) is 1.88. The Kier molecular flexibility index (Phi) is 4.94. The molecule has 1 aliphatic heterocycles. The fraction of sp³-hybridized carbons (Fsp3) is 0.909. The molecule has 3 nitrogen and oxygen atoms in total. The van der Waals surface area contributed by atoms with Crippen molar-refractivity contribution in [3.05, 3.63) is 0 Å². The summed E-state index contributed by atoms with van der Waals surface area (Å²) in [6.45, 7) is 2.11. The standard InChI is InChI=1S/C11H20O3/c1-2-3-4-5-6-10-7-9(8-12)11(13)14-10/h9-10,12H,2-8H2,1H3. The van der Waals surface area contributed by atoms with Gasteiger partial charge >= 0.3 is 5.97 Å². The molecule has 14 heavy (non-hydrogen) atoms. The summed E-state index contributed by atoms with van der Waals surface area (Å²) in [6, 6.07) is 0. The number of hydrogen-bond donors (Lipinski definition) is 1. The monoisotopic (exact) mass is 200 g/mol. The van der Waals surface area contributed by atoms with Gasteiger partial charge in [-0.15, -0.1) is 0 Å². The molecule has 0 aromatic rings. The van der Waals surface area contributed by atoms with Gasteiger partial charge in [0, 0.05) is 0 Å². The maximum absolute atomic E-state index is 11.1. The number of carbonyl (C=O) groups excluding carboxylic acids is 1. The van der Waals surface area contributed by atoms with Gasteiger partial charge in [-0.05, 0) is 19.3 Å². The number of rotatable bonds is 6. The van der Waals surface area contributed by atoms with Crippen molar-refractivity contribution in [2.75, 3.05) is 6.61 Å². The van der Waals surface area contributed by atoms with Gasteiger partial charge in [0.1, 0.15) is 6.10 Å². The predicted molar refractivity (Wildman–Crippen MR) is 53.8 cm³/mol. The van der Waals surface area contributed by atoms with Crippen molar-refractivity contribution in [1.29, 1.82) is 0 Å². The number of aliphatic hydroxyl groups excluding tert-OH is 1. The molecule has 0 bridgehead atoms. The minimum atomic E-state index is -0.258. The molecular weight excluding hydrogens is 180 g/mol. The first kappa shape index (κ1) is 11.5. The van der Waals surface area contributed by atoms with Crippen molar-refractivity contribution in [1.82, 2.24) is 0 Å². The van der Waals surface area contributed by atoms with Crippen LogP contribution in [0.3, 0.4) is 0 Å². The van der Waals surface area contributed by atoms with Crippen molar-refractivity contribution in [3.63, 3.8) is 0 Å². The van der Waals surface area contributed by atoms with E-state index < -0.39 is 0 Å². The van der Waals surface area contributed by atoms with Crippen molar-refractivity contribution in [3.8, 4) is 0 Å². The molecule has 1 rings (SSSR count). The molecule has 82 valence electrons. The van der Waals surface area contributed by atoms with Crippen LogP contribution in [0.5, 0.6) is 0 Å². The van der Waals surface area contributed by atoms with Gasteiger partial charge in [0.25, 0.3) is 0 Å². The van der Waals surface area contributed by atoms with Crippen LogP contribution in [0.25, 0.3) is 0 Å². The maximum atomic E-state index is 11.1. The minimum absolute atomic E-state index is 0.0652. The molecule has 0 amide bonds. The Morgan fingerprint density at radius 3 is 2.79 bits per heavy atom. The first-order chi connectivity index (χ1) is 6.77. The van der Waals surface area contributed by atoms with E-state index in [0.717, 1.165) is 12.8 Å². The van der Waals surface area contributed by atoms with Gasteiger partial charge < -0.3 is 9.84 Å². The molecule has 0 saturated carbocycles. The molecule has 1 saturated heterocycles. The smallest absolute Gasteiger partial charge is 0.311 e. The van der Waals surface area contributed by atoms with Crippen molar-refractivity contribution < 1.29 is 14.6 Å². The Hall–Kier alpha value is -0.570. The number of cyclic esters (lactones) is 1.